The van der Waals surface area contributed by atoms with E-state index in [1.807, 2.05) is 32.0 Å². The van der Waals surface area contributed by atoms with Gasteiger partial charge in [-0.05, 0) is 36.8 Å². The van der Waals surface area contributed by atoms with Gasteiger partial charge in [-0.3, -0.25) is 4.79 Å². The van der Waals surface area contributed by atoms with E-state index in [2.05, 4.69) is 0 Å². The number of hydrogen-bond donors (Lipinski definition) is 0. The van der Waals surface area contributed by atoms with Gasteiger partial charge in [0.1, 0.15) is 5.75 Å². The predicted octanol–water partition coefficient (Wildman–Crippen LogP) is 4.47. The smallest absolute Gasteiger partial charge is 0.207 e. The maximum atomic E-state index is 13.3. The lowest BCUT2D eigenvalue weighted by Gasteiger charge is -2.18. The van der Waals surface area contributed by atoms with Crippen LogP contribution in [0, 0.1) is 0 Å². The van der Waals surface area contributed by atoms with Crippen molar-refractivity contribution in [3.05, 3.63) is 41.0 Å². The number of ether oxygens (including phenoxy) is 5. The molecule has 0 bridgehead atoms. The Labute approximate surface area is 184 Å². The van der Waals surface area contributed by atoms with Crippen LogP contribution in [0.15, 0.2) is 29.8 Å². The molecule has 0 atom stereocenters. The van der Waals surface area contributed by atoms with Gasteiger partial charge in [0.2, 0.25) is 11.5 Å². The molecule has 0 heterocycles. The first-order chi connectivity index (χ1) is 14.9. The number of allylic oxidation sites excluding steroid dienone is 1. The summed E-state index contributed by atoms with van der Waals surface area (Å²) in [7, 11) is 11.6. The van der Waals surface area contributed by atoms with E-state index in [0.29, 0.717) is 51.9 Å². The molecule has 0 aromatic heterocycles. The molecule has 0 saturated carbocycles. The van der Waals surface area contributed by atoms with Crippen molar-refractivity contribution in [3.8, 4) is 28.7 Å². The van der Waals surface area contributed by atoms with Gasteiger partial charge in [-0.25, -0.2) is 0 Å². The quantitative estimate of drug-likeness (QED) is 0.408. The summed E-state index contributed by atoms with van der Waals surface area (Å²) < 4.78 is 27.4. The second kappa shape index (κ2) is 10.6. The molecule has 7 nitrogen and oxygen atoms in total. The van der Waals surface area contributed by atoms with Crippen LogP contribution >= 0.6 is 0 Å². The van der Waals surface area contributed by atoms with Gasteiger partial charge < -0.3 is 28.6 Å². The average Bonchev–Trinajstić information content (AvgIpc) is 2.80. The SMILES string of the molecule is CC/C(=C\c1cc(OC)c(OC)c(OC)c1OC)C(=O)c1ccc(OC)c(N(C)C)c1. The summed E-state index contributed by atoms with van der Waals surface area (Å²) in [5.74, 6) is 2.39. The van der Waals surface area contributed by atoms with Crippen LogP contribution in [-0.2, 0) is 0 Å². The number of benzene rings is 2. The minimum Gasteiger partial charge on any atom is -0.495 e. The van der Waals surface area contributed by atoms with Crippen LogP contribution in [0.3, 0.4) is 0 Å². The molecule has 0 saturated heterocycles. The zero-order valence-electron chi connectivity index (χ0n) is 19.5. The van der Waals surface area contributed by atoms with Gasteiger partial charge in [0, 0.05) is 30.8 Å². The Morgan fingerprint density at radius 2 is 1.45 bits per heavy atom. The van der Waals surface area contributed by atoms with Crippen molar-refractivity contribution in [2.24, 2.45) is 0 Å². The number of nitrogens with zero attached hydrogens (tertiary/aromatic N) is 1. The second-order valence-corrected chi connectivity index (χ2v) is 6.90. The van der Waals surface area contributed by atoms with Gasteiger partial charge in [-0.2, -0.15) is 0 Å². The molecular formula is C24H31NO6. The number of ketones is 1. The van der Waals surface area contributed by atoms with Crippen molar-refractivity contribution in [3.63, 3.8) is 0 Å². The van der Waals surface area contributed by atoms with Gasteiger partial charge in [0.25, 0.3) is 0 Å². The third-order valence-corrected chi connectivity index (χ3v) is 4.94. The molecule has 0 aliphatic carbocycles. The highest BCUT2D eigenvalue weighted by Crippen LogP contribution is 2.47. The zero-order valence-corrected chi connectivity index (χ0v) is 19.5. The zero-order chi connectivity index (χ0) is 23.1. The lowest BCUT2D eigenvalue weighted by Crippen LogP contribution is -2.12. The van der Waals surface area contributed by atoms with Crippen LogP contribution < -0.4 is 28.6 Å². The Bertz CT molecular complexity index is 965. The number of carbonyl (C=O) groups excluding carboxylic acids is 1. The second-order valence-electron chi connectivity index (χ2n) is 6.90. The fraction of sp³-hybridized carbons (Fsp3) is 0.375. The fourth-order valence-corrected chi connectivity index (χ4v) is 3.35. The first-order valence-corrected chi connectivity index (χ1v) is 9.84. The summed E-state index contributed by atoms with van der Waals surface area (Å²) in [6.45, 7) is 1.94. The summed E-state index contributed by atoms with van der Waals surface area (Å²) in [4.78, 5) is 15.2. The van der Waals surface area contributed by atoms with E-state index in [-0.39, 0.29) is 5.78 Å². The summed E-state index contributed by atoms with van der Waals surface area (Å²) in [6, 6.07) is 7.17. The lowest BCUT2D eigenvalue weighted by atomic mass is 9.97. The highest BCUT2D eigenvalue weighted by atomic mass is 16.5. The molecule has 0 N–H and O–H groups in total. The van der Waals surface area contributed by atoms with Crippen molar-refractivity contribution in [1.29, 1.82) is 0 Å². The number of hydrogen-bond acceptors (Lipinski definition) is 7. The normalized spacial score (nSPS) is 11.0. The largest absolute Gasteiger partial charge is 0.495 e. The van der Waals surface area contributed by atoms with Gasteiger partial charge in [0.15, 0.2) is 17.3 Å². The van der Waals surface area contributed by atoms with Gasteiger partial charge in [-0.15, -0.1) is 0 Å². The number of carbonyl (C=O) groups is 1. The standard InChI is InChI=1S/C24H31NO6/c1-9-15(21(26)16-10-11-19(27-4)18(13-16)25(2)3)12-17-14-20(28-5)23(30-7)24(31-8)22(17)29-6/h10-14H,9H2,1-8H3/b15-12+. The fourth-order valence-electron chi connectivity index (χ4n) is 3.35. The summed E-state index contributed by atoms with van der Waals surface area (Å²) in [6.07, 6.45) is 2.33. The van der Waals surface area contributed by atoms with Crippen LogP contribution in [-0.4, -0.2) is 55.4 Å². The molecule has 0 amide bonds. The molecule has 2 aromatic rings. The molecule has 0 aliphatic rings. The van der Waals surface area contributed by atoms with Gasteiger partial charge >= 0.3 is 0 Å². The summed E-state index contributed by atoms with van der Waals surface area (Å²) in [5.41, 5.74) is 2.67. The Hall–Kier alpha value is -3.35. The number of anilines is 1. The molecule has 0 unspecified atom stereocenters. The Kier molecular flexibility index (Phi) is 8.19. The number of Topliss-reactive ketones (excluding diaryl/α,β-unsaturated/α-hetero) is 1. The van der Waals surface area contributed by atoms with E-state index >= 15 is 0 Å². The average molecular weight is 430 g/mol. The summed E-state index contributed by atoms with van der Waals surface area (Å²) in [5, 5.41) is 0. The number of rotatable bonds is 10. The Morgan fingerprint density at radius 3 is 1.94 bits per heavy atom. The van der Waals surface area contributed by atoms with Crippen molar-refractivity contribution in [1.82, 2.24) is 0 Å². The molecule has 0 spiro atoms. The topological polar surface area (TPSA) is 66.5 Å². The molecule has 31 heavy (non-hydrogen) atoms. The lowest BCUT2D eigenvalue weighted by molar-refractivity contribution is 0.103. The van der Waals surface area contributed by atoms with E-state index in [4.69, 9.17) is 23.7 Å². The first-order valence-electron chi connectivity index (χ1n) is 9.84. The highest BCUT2D eigenvalue weighted by Gasteiger charge is 2.22. The molecular weight excluding hydrogens is 398 g/mol. The van der Waals surface area contributed by atoms with E-state index in [0.717, 1.165) is 5.69 Å². The third kappa shape index (κ3) is 4.87. The highest BCUT2D eigenvalue weighted by molar-refractivity contribution is 6.12. The van der Waals surface area contributed by atoms with E-state index < -0.39 is 0 Å². The first kappa shape index (κ1) is 23.9. The Morgan fingerprint density at radius 1 is 0.839 bits per heavy atom. The van der Waals surface area contributed by atoms with Crippen molar-refractivity contribution < 1.29 is 28.5 Å². The predicted molar refractivity (Wildman–Crippen MR) is 123 cm³/mol. The molecule has 0 radical (unpaired) electrons. The molecule has 0 aliphatic heterocycles. The van der Waals surface area contributed by atoms with Crippen LogP contribution in [0.25, 0.3) is 6.08 Å². The van der Waals surface area contributed by atoms with Gasteiger partial charge in [-0.1, -0.05) is 6.92 Å². The molecule has 7 heteroatoms. The van der Waals surface area contributed by atoms with Crippen molar-refractivity contribution >= 4 is 17.5 Å². The monoisotopic (exact) mass is 429 g/mol. The molecule has 0 fully saturated rings. The van der Waals surface area contributed by atoms with Crippen LogP contribution in [0.1, 0.15) is 29.3 Å². The Balaban J connectivity index is 2.62. The van der Waals surface area contributed by atoms with E-state index in [1.165, 1.54) is 14.2 Å². The van der Waals surface area contributed by atoms with Crippen LogP contribution in [0.2, 0.25) is 0 Å². The van der Waals surface area contributed by atoms with Crippen molar-refractivity contribution in [2.45, 2.75) is 13.3 Å². The van der Waals surface area contributed by atoms with Crippen molar-refractivity contribution in [2.75, 3.05) is 54.5 Å². The van der Waals surface area contributed by atoms with E-state index in [1.54, 1.807) is 45.6 Å². The number of methoxy groups -OCH3 is 5. The van der Waals surface area contributed by atoms with E-state index in [9.17, 15) is 4.79 Å². The minimum atomic E-state index is -0.0796. The van der Waals surface area contributed by atoms with Gasteiger partial charge in [0.05, 0.1) is 41.2 Å². The molecule has 2 rings (SSSR count). The van der Waals surface area contributed by atoms with Crippen LogP contribution in [0.4, 0.5) is 5.69 Å². The molecule has 168 valence electrons. The third-order valence-electron chi connectivity index (χ3n) is 4.94. The maximum Gasteiger partial charge on any atom is 0.207 e. The maximum absolute atomic E-state index is 13.3. The van der Waals surface area contributed by atoms with Crippen LogP contribution in [0.5, 0.6) is 28.7 Å². The summed E-state index contributed by atoms with van der Waals surface area (Å²) >= 11 is 0. The minimum absolute atomic E-state index is 0.0796. The molecule has 2 aromatic carbocycles.